The van der Waals surface area contributed by atoms with E-state index < -0.39 is 6.03 Å². The SMILES string of the molecule is CCNc1cc(-c2cn(CCNC(N)=O)nn2)ccn1. The van der Waals surface area contributed by atoms with Crippen LogP contribution in [-0.2, 0) is 6.54 Å². The molecule has 0 spiro atoms. The summed E-state index contributed by atoms with van der Waals surface area (Å²) in [5.74, 6) is 0.801. The molecule has 0 aromatic carbocycles. The van der Waals surface area contributed by atoms with E-state index >= 15 is 0 Å². The Kier molecular flexibility index (Phi) is 4.48. The van der Waals surface area contributed by atoms with Crippen molar-refractivity contribution in [3.63, 3.8) is 0 Å². The number of nitrogens with zero attached hydrogens (tertiary/aromatic N) is 4. The van der Waals surface area contributed by atoms with E-state index in [-0.39, 0.29) is 0 Å². The smallest absolute Gasteiger partial charge is 0.312 e. The number of primary amides is 1. The van der Waals surface area contributed by atoms with Gasteiger partial charge in [-0.25, -0.2) is 9.78 Å². The molecule has 0 saturated carbocycles. The predicted molar refractivity (Wildman–Crippen MR) is 75.0 cm³/mol. The first kappa shape index (κ1) is 13.8. The molecule has 0 aliphatic carbocycles. The van der Waals surface area contributed by atoms with E-state index in [1.807, 2.05) is 25.3 Å². The molecule has 2 rings (SSSR count). The van der Waals surface area contributed by atoms with Crippen LogP contribution in [0.15, 0.2) is 24.5 Å². The van der Waals surface area contributed by atoms with Crippen molar-refractivity contribution < 1.29 is 4.79 Å². The lowest BCUT2D eigenvalue weighted by Crippen LogP contribution is -2.32. The van der Waals surface area contributed by atoms with Crippen molar-refractivity contribution in [1.82, 2.24) is 25.3 Å². The van der Waals surface area contributed by atoms with Crippen LogP contribution in [0.2, 0.25) is 0 Å². The number of carbonyl (C=O) groups is 1. The average Bonchev–Trinajstić information content (AvgIpc) is 2.88. The maximum atomic E-state index is 10.6. The molecule has 0 aliphatic rings. The third-order valence-corrected chi connectivity index (χ3v) is 2.59. The number of hydrogen-bond donors (Lipinski definition) is 3. The summed E-state index contributed by atoms with van der Waals surface area (Å²) in [4.78, 5) is 14.8. The van der Waals surface area contributed by atoms with E-state index in [0.717, 1.165) is 23.6 Å². The van der Waals surface area contributed by atoms with Gasteiger partial charge in [-0.05, 0) is 19.1 Å². The number of aromatic nitrogens is 4. The molecule has 0 radical (unpaired) electrons. The Hall–Kier alpha value is -2.64. The number of anilines is 1. The fourth-order valence-electron chi connectivity index (χ4n) is 1.70. The van der Waals surface area contributed by atoms with Crippen LogP contribution in [0.25, 0.3) is 11.3 Å². The second kappa shape index (κ2) is 6.50. The molecule has 2 aromatic rings. The summed E-state index contributed by atoms with van der Waals surface area (Å²) in [5, 5.41) is 13.7. The van der Waals surface area contributed by atoms with Gasteiger partial charge < -0.3 is 16.4 Å². The largest absolute Gasteiger partial charge is 0.370 e. The highest BCUT2D eigenvalue weighted by Crippen LogP contribution is 2.18. The van der Waals surface area contributed by atoms with Crippen LogP contribution >= 0.6 is 0 Å². The summed E-state index contributed by atoms with van der Waals surface area (Å²) >= 11 is 0. The van der Waals surface area contributed by atoms with Gasteiger partial charge in [-0.2, -0.15) is 0 Å². The summed E-state index contributed by atoms with van der Waals surface area (Å²) < 4.78 is 1.65. The van der Waals surface area contributed by atoms with Gasteiger partial charge in [-0.15, -0.1) is 5.10 Å². The van der Waals surface area contributed by atoms with E-state index in [1.54, 1.807) is 10.9 Å². The van der Waals surface area contributed by atoms with Crippen molar-refractivity contribution >= 4 is 11.8 Å². The Morgan fingerprint density at radius 2 is 2.35 bits per heavy atom. The first-order valence-electron chi connectivity index (χ1n) is 6.32. The van der Waals surface area contributed by atoms with Gasteiger partial charge in [-0.1, -0.05) is 5.21 Å². The summed E-state index contributed by atoms with van der Waals surface area (Å²) in [7, 11) is 0. The molecule has 8 nitrogen and oxygen atoms in total. The monoisotopic (exact) mass is 275 g/mol. The van der Waals surface area contributed by atoms with E-state index in [4.69, 9.17) is 5.73 Å². The topological polar surface area (TPSA) is 111 Å². The van der Waals surface area contributed by atoms with Gasteiger partial charge in [0.25, 0.3) is 0 Å². The normalized spacial score (nSPS) is 10.2. The Bertz CT molecular complexity index is 581. The number of urea groups is 1. The number of nitrogens with one attached hydrogen (secondary N) is 2. The highest BCUT2D eigenvalue weighted by Gasteiger charge is 2.05. The Balaban J connectivity index is 2.04. The van der Waals surface area contributed by atoms with Gasteiger partial charge in [0, 0.05) is 24.8 Å². The molecule has 2 heterocycles. The van der Waals surface area contributed by atoms with Crippen molar-refractivity contribution in [2.75, 3.05) is 18.4 Å². The van der Waals surface area contributed by atoms with Crippen LogP contribution in [0, 0.1) is 0 Å². The third-order valence-electron chi connectivity index (χ3n) is 2.59. The quantitative estimate of drug-likeness (QED) is 0.708. The van der Waals surface area contributed by atoms with Crippen LogP contribution in [0.1, 0.15) is 6.92 Å². The van der Waals surface area contributed by atoms with Gasteiger partial charge in [0.1, 0.15) is 11.5 Å². The van der Waals surface area contributed by atoms with Crippen molar-refractivity contribution in [2.45, 2.75) is 13.5 Å². The van der Waals surface area contributed by atoms with Gasteiger partial charge in [-0.3, -0.25) is 4.68 Å². The van der Waals surface area contributed by atoms with Gasteiger partial charge >= 0.3 is 6.03 Å². The van der Waals surface area contributed by atoms with Crippen LogP contribution in [-0.4, -0.2) is 39.1 Å². The van der Waals surface area contributed by atoms with Crippen LogP contribution < -0.4 is 16.4 Å². The zero-order valence-corrected chi connectivity index (χ0v) is 11.2. The molecule has 4 N–H and O–H groups in total. The second-order valence-electron chi connectivity index (χ2n) is 4.12. The third kappa shape index (κ3) is 3.67. The molecule has 0 bridgehead atoms. The lowest BCUT2D eigenvalue weighted by atomic mass is 10.2. The average molecular weight is 275 g/mol. The lowest BCUT2D eigenvalue weighted by Gasteiger charge is -2.03. The minimum absolute atomic E-state index is 0.414. The molecule has 0 atom stereocenters. The first-order valence-corrected chi connectivity index (χ1v) is 6.32. The predicted octanol–water partition coefficient (Wildman–Crippen LogP) is 0.440. The summed E-state index contributed by atoms with van der Waals surface area (Å²) in [6.45, 7) is 3.75. The molecule has 8 heteroatoms. The molecular weight excluding hydrogens is 258 g/mol. The summed E-state index contributed by atoms with van der Waals surface area (Å²) in [5.41, 5.74) is 6.68. The molecule has 0 saturated heterocycles. The van der Waals surface area contributed by atoms with Gasteiger partial charge in [0.15, 0.2) is 0 Å². The lowest BCUT2D eigenvalue weighted by molar-refractivity contribution is 0.248. The molecule has 106 valence electrons. The fraction of sp³-hybridized carbons (Fsp3) is 0.333. The van der Waals surface area contributed by atoms with Crippen LogP contribution in [0.4, 0.5) is 10.6 Å². The number of amides is 2. The molecular formula is C12H17N7O. The van der Waals surface area contributed by atoms with E-state index in [1.165, 1.54) is 0 Å². The first-order chi connectivity index (χ1) is 9.69. The minimum atomic E-state index is -0.547. The highest BCUT2D eigenvalue weighted by atomic mass is 16.2. The Labute approximate surface area is 116 Å². The summed E-state index contributed by atoms with van der Waals surface area (Å²) in [6, 6.07) is 3.24. The van der Waals surface area contributed by atoms with Crippen molar-refractivity contribution in [2.24, 2.45) is 5.73 Å². The number of carbonyl (C=O) groups excluding carboxylic acids is 1. The van der Waals surface area contributed by atoms with Gasteiger partial charge in [0.05, 0.1) is 12.7 Å². The molecule has 2 aromatic heterocycles. The maximum absolute atomic E-state index is 10.6. The Morgan fingerprint density at radius 3 is 3.10 bits per heavy atom. The standard InChI is InChI=1S/C12H17N7O/c1-2-14-11-7-9(3-4-15-11)10-8-19(18-17-10)6-5-16-12(13)20/h3-4,7-8H,2,5-6H2,1H3,(H,14,15)(H3,13,16,20). The molecule has 2 amide bonds. The van der Waals surface area contributed by atoms with E-state index in [2.05, 4.69) is 25.9 Å². The number of hydrogen-bond acceptors (Lipinski definition) is 5. The van der Waals surface area contributed by atoms with Crippen LogP contribution in [0.3, 0.4) is 0 Å². The van der Waals surface area contributed by atoms with Gasteiger partial charge in [0.2, 0.25) is 0 Å². The van der Waals surface area contributed by atoms with Crippen molar-refractivity contribution in [1.29, 1.82) is 0 Å². The molecule has 0 aliphatic heterocycles. The number of rotatable bonds is 6. The maximum Gasteiger partial charge on any atom is 0.312 e. The number of nitrogens with two attached hydrogens (primary N) is 1. The van der Waals surface area contributed by atoms with E-state index in [0.29, 0.717) is 13.1 Å². The summed E-state index contributed by atoms with van der Waals surface area (Å²) in [6.07, 6.45) is 3.54. The number of pyridine rings is 1. The molecule has 0 unspecified atom stereocenters. The highest BCUT2D eigenvalue weighted by molar-refractivity contribution is 5.71. The molecule has 0 fully saturated rings. The zero-order valence-electron chi connectivity index (χ0n) is 11.2. The second-order valence-corrected chi connectivity index (χ2v) is 4.12. The van der Waals surface area contributed by atoms with Crippen molar-refractivity contribution in [3.05, 3.63) is 24.5 Å². The van der Waals surface area contributed by atoms with Crippen LogP contribution in [0.5, 0.6) is 0 Å². The zero-order chi connectivity index (χ0) is 14.4. The minimum Gasteiger partial charge on any atom is -0.370 e. The van der Waals surface area contributed by atoms with E-state index in [9.17, 15) is 4.79 Å². The fourth-order valence-corrected chi connectivity index (χ4v) is 1.70. The molecule has 20 heavy (non-hydrogen) atoms. The Morgan fingerprint density at radius 1 is 1.50 bits per heavy atom. The van der Waals surface area contributed by atoms with Crippen molar-refractivity contribution in [3.8, 4) is 11.3 Å².